The molecule has 3 heterocycles. The summed E-state index contributed by atoms with van der Waals surface area (Å²) in [5, 5.41) is 5.43. The first-order chi connectivity index (χ1) is 18.0. The van der Waals surface area contributed by atoms with E-state index in [0.29, 0.717) is 48.2 Å². The van der Waals surface area contributed by atoms with E-state index in [-0.39, 0.29) is 11.7 Å². The van der Waals surface area contributed by atoms with Crippen LogP contribution in [0.3, 0.4) is 0 Å². The van der Waals surface area contributed by atoms with Crippen LogP contribution in [0.4, 0.5) is 10.1 Å². The van der Waals surface area contributed by atoms with Crippen molar-refractivity contribution in [2.24, 2.45) is 0 Å². The van der Waals surface area contributed by atoms with Crippen LogP contribution < -0.4 is 4.90 Å². The lowest BCUT2D eigenvalue weighted by Gasteiger charge is -2.36. The van der Waals surface area contributed by atoms with Gasteiger partial charge in [-0.3, -0.25) is 4.79 Å². The number of carbonyl (C=O) groups excluding carboxylic acids is 1. The zero-order chi connectivity index (χ0) is 25.4. The predicted octanol–water partition coefficient (Wildman–Crippen LogP) is 5.82. The maximum atomic E-state index is 13.8. The summed E-state index contributed by atoms with van der Waals surface area (Å²) in [6.07, 6.45) is 0. The van der Waals surface area contributed by atoms with Crippen LogP contribution in [0.25, 0.3) is 28.2 Å². The lowest BCUT2D eigenvalue weighted by molar-refractivity contribution is 0.0738. The maximum absolute atomic E-state index is 13.8. The van der Waals surface area contributed by atoms with Crippen molar-refractivity contribution in [1.29, 1.82) is 0 Å². The van der Waals surface area contributed by atoms with Crippen molar-refractivity contribution in [3.8, 4) is 22.5 Å². The highest BCUT2D eigenvalue weighted by Gasteiger charge is 2.26. The summed E-state index contributed by atoms with van der Waals surface area (Å²) in [4.78, 5) is 22.7. The van der Waals surface area contributed by atoms with Crippen molar-refractivity contribution < 1.29 is 9.18 Å². The summed E-state index contributed by atoms with van der Waals surface area (Å²) in [6.45, 7) is 2.51. The Bertz CT molecular complexity index is 1580. The molecule has 0 unspecified atom stereocenters. The van der Waals surface area contributed by atoms with Crippen molar-refractivity contribution in [2.45, 2.75) is 0 Å². The standard InChI is InChI=1S/C29H23ClFN5O/c30-22-7-4-8-24(17-22)34-13-15-35(16-14-34)29(37)27-18-25(21-9-11-23(31)12-10-21)32-28-19-26(33-36(27)28)20-5-2-1-3-6-20/h1-12,17-19H,13-16H2. The first kappa shape index (κ1) is 23.2. The molecule has 0 spiro atoms. The van der Waals surface area contributed by atoms with E-state index in [1.54, 1.807) is 22.7 Å². The van der Waals surface area contributed by atoms with Crippen LogP contribution in [0.15, 0.2) is 91.0 Å². The van der Waals surface area contributed by atoms with Gasteiger partial charge in [-0.25, -0.2) is 13.9 Å². The van der Waals surface area contributed by atoms with Crippen LogP contribution in [-0.4, -0.2) is 51.6 Å². The highest BCUT2D eigenvalue weighted by Crippen LogP contribution is 2.26. The van der Waals surface area contributed by atoms with Gasteiger partial charge in [0, 0.05) is 54.1 Å². The van der Waals surface area contributed by atoms with Gasteiger partial charge in [0.05, 0.1) is 11.4 Å². The zero-order valence-electron chi connectivity index (χ0n) is 19.9. The molecule has 184 valence electrons. The molecule has 0 atom stereocenters. The van der Waals surface area contributed by atoms with Crippen LogP contribution in [-0.2, 0) is 0 Å². The van der Waals surface area contributed by atoms with E-state index >= 15 is 0 Å². The van der Waals surface area contributed by atoms with Gasteiger partial charge in [0.15, 0.2) is 5.65 Å². The molecule has 1 aliphatic heterocycles. The van der Waals surface area contributed by atoms with Gasteiger partial charge in [-0.2, -0.15) is 5.10 Å². The number of nitrogens with zero attached hydrogens (tertiary/aromatic N) is 5. The molecule has 0 saturated carbocycles. The van der Waals surface area contributed by atoms with Crippen molar-refractivity contribution >= 4 is 28.8 Å². The van der Waals surface area contributed by atoms with Gasteiger partial charge in [0.25, 0.3) is 5.91 Å². The molecule has 1 aliphatic rings. The highest BCUT2D eigenvalue weighted by atomic mass is 35.5. The normalized spacial score (nSPS) is 13.8. The first-order valence-corrected chi connectivity index (χ1v) is 12.4. The number of hydrogen-bond donors (Lipinski definition) is 0. The number of benzene rings is 3. The molecule has 5 aromatic rings. The number of fused-ring (bicyclic) bond motifs is 1. The Labute approximate surface area is 218 Å². The number of rotatable bonds is 4. The van der Waals surface area contributed by atoms with Crippen LogP contribution in [0.5, 0.6) is 0 Å². The van der Waals surface area contributed by atoms with Gasteiger partial charge < -0.3 is 9.80 Å². The topological polar surface area (TPSA) is 53.7 Å². The number of hydrogen-bond acceptors (Lipinski definition) is 4. The third-order valence-electron chi connectivity index (χ3n) is 6.60. The van der Waals surface area contributed by atoms with E-state index in [4.69, 9.17) is 21.7 Å². The van der Waals surface area contributed by atoms with E-state index in [1.165, 1.54) is 12.1 Å². The van der Waals surface area contributed by atoms with Crippen molar-refractivity contribution in [3.63, 3.8) is 0 Å². The fraction of sp³-hybridized carbons (Fsp3) is 0.138. The van der Waals surface area contributed by atoms with Gasteiger partial charge >= 0.3 is 0 Å². The monoisotopic (exact) mass is 511 g/mol. The van der Waals surface area contributed by atoms with E-state index in [1.807, 2.05) is 65.6 Å². The quantitative estimate of drug-likeness (QED) is 0.305. The molecular formula is C29H23ClFN5O. The molecule has 8 heteroatoms. The van der Waals surface area contributed by atoms with E-state index < -0.39 is 0 Å². The average Bonchev–Trinajstić information content (AvgIpc) is 3.38. The van der Waals surface area contributed by atoms with Gasteiger partial charge in [-0.05, 0) is 48.5 Å². The average molecular weight is 512 g/mol. The zero-order valence-corrected chi connectivity index (χ0v) is 20.6. The predicted molar refractivity (Wildman–Crippen MR) is 143 cm³/mol. The van der Waals surface area contributed by atoms with Crippen LogP contribution in [0, 0.1) is 5.82 Å². The molecule has 3 aromatic carbocycles. The second kappa shape index (κ2) is 9.67. The highest BCUT2D eigenvalue weighted by molar-refractivity contribution is 6.30. The minimum absolute atomic E-state index is 0.121. The van der Waals surface area contributed by atoms with Crippen LogP contribution in [0.2, 0.25) is 5.02 Å². The Balaban J connectivity index is 1.36. The SMILES string of the molecule is O=C(c1cc(-c2ccc(F)cc2)nc2cc(-c3ccccc3)nn12)N1CCN(c2cccc(Cl)c2)CC1. The number of carbonyl (C=O) groups is 1. The van der Waals surface area contributed by atoms with Gasteiger partial charge in [0.2, 0.25) is 0 Å². The van der Waals surface area contributed by atoms with E-state index in [0.717, 1.165) is 22.5 Å². The Morgan fingerprint density at radius 1 is 0.784 bits per heavy atom. The number of amides is 1. The van der Waals surface area contributed by atoms with Crippen molar-refractivity contribution in [3.05, 3.63) is 108 Å². The molecule has 6 rings (SSSR count). The minimum Gasteiger partial charge on any atom is -0.368 e. The molecule has 0 aliphatic carbocycles. The van der Waals surface area contributed by atoms with Gasteiger partial charge in [0.1, 0.15) is 11.5 Å². The molecule has 0 N–H and O–H groups in total. The second-order valence-electron chi connectivity index (χ2n) is 8.96. The van der Waals surface area contributed by atoms with Crippen LogP contribution >= 0.6 is 11.6 Å². The molecular weight excluding hydrogens is 489 g/mol. The molecule has 1 saturated heterocycles. The number of piperazine rings is 1. The minimum atomic E-state index is -0.325. The summed E-state index contributed by atoms with van der Waals surface area (Å²) >= 11 is 6.17. The summed E-state index contributed by atoms with van der Waals surface area (Å²) in [7, 11) is 0. The molecule has 0 bridgehead atoms. The lowest BCUT2D eigenvalue weighted by atomic mass is 10.1. The van der Waals surface area contributed by atoms with Crippen LogP contribution in [0.1, 0.15) is 10.5 Å². The van der Waals surface area contributed by atoms with E-state index in [2.05, 4.69) is 4.90 Å². The number of aromatic nitrogens is 3. The Morgan fingerprint density at radius 3 is 2.24 bits per heavy atom. The largest absolute Gasteiger partial charge is 0.368 e. The summed E-state index contributed by atoms with van der Waals surface area (Å²) in [5.41, 5.74) is 5.00. The summed E-state index contributed by atoms with van der Waals surface area (Å²) in [6, 6.07) is 27.3. The summed E-state index contributed by atoms with van der Waals surface area (Å²) < 4.78 is 15.2. The Kier molecular flexibility index (Phi) is 6.06. The number of anilines is 1. The number of halogens is 2. The van der Waals surface area contributed by atoms with Gasteiger partial charge in [-0.1, -0.05) is 48.0 Å². The fourth-order valence-corrected chi connectivity index (χ4v) is 4.83. The Hall–Kier alpha value is -4.23. The van der Waals surface area contributed by atoms with Gasteiger partial charge in [-0.15, -0.1) is 0 Å². The fourth-order valence-electron chi connectivity index (χ4n) is 4.65. The molecule has 1 fully saturated rings. The molecule has 37 heavy (non-hydrogen) atoms. The summed E-state index contributed by atoms with van der Waals surface area (Å²) in [5.74, 6) is -0.446. The Morgan fingerprint density at radius 2 is 1.51 bits per heavy atom. The first-order valence-electron chi connectivity index (χ1n) is 12.1. The molecule has 1 amide bonds. The lowest BCUT2D eigenvalue weighted by Crippen LogP contribution is -2.49. The molecule has 0 radical (unpaired) electrons. The molecule has 6 nitrogen and oxygen atoms in total. The smallest absolute Gasteiger partial charge is 0.272 e. The third-order valence-corrected chi connectivity index (χ3v) is 6.83. The van der Waals surface area contributed by atoms with Crippen molar-refractivity contribution in [1.82, 2.24) is 19.5 Å². The molecule has 2 aromatic heterocycles. The van der Waals surface area contributed by atoms with E-state index in [9.17, 15) is 9.18 Å². The van der Waals surface area contributed by atoms with Crippen molar-refractivity contribution in [2.75, 3.05) is 31.1 Å². The second-order valence-corrected chi connectivity index (χ2v) is 9.39. The third kappa shape index (κ3) is 4.66. The maximum Gasteiger partial charge on any atom is 0.272 e.